The highest BCUT2D eigenvalue weighted by Crippen LogP contribution is 2.33. The number of rotatable bonds is 9. The molecule has 1 saturated carbocycles. The Morgan fingerprint density at radius 3 is 2.76 bits per heavy atom. The summed E-state index contributed by atoms with van der Waals surface area (Å²) in [5.74, 6) is 2.29. The molecular formula is C25H33N5O2S. The number of ether oxygens (including phenoxy) is 1. The molecule has 8 heteroatoms. The zero-order chi connectivity index (χ0) is 23.2. The van der Waals surface area contributed by atoms with Crippen LogP contribution in [0.25, 0.3) is 22.0 Å². The van der Waals surface area contributed by atoms with Crippen LogP contribution in [0.3, 0.4) is 0 Å². The van der Waals surface area contributed by atoms with Gasteiger partial charge in [0.1, 0.15) is 24.3 Å². The topological polar surface area (TPSA) is 83.4 Å². The second kappa shape index (κ2) is 11.0. The first-order valence-electron chi connectivity index (χ1n) is 11.6. The summed E-state index contributed by atoms with van der Waals surface area (Å²) >= 11 is 1.60. The third-order valence-electron chi connectivity index (χ3n) is 6.15. The van der Waals surface area contributed by atoms with Crippen molar-refractivity contribution in [3.05, 3.63) is 41.5 Å². The third-order valence-corrected chi connectivity index (χ3v) is 7.10. The van der Waals surface area contributed by atoms with Crippen molar-refractivity contribution in [2.45, 2.75) is 51.2 Å². The summed E-state index contributed by atoms with van der Waals surface area (Å²) < 4.78 is 5.81. The van der Waals surface area contributed by atoms with Gasteiger partial charge in [0.25, 0.3) is 0 Å². The summed E-state index contributed by atoms with van der Waals surface area (Å²) in [6.45, 7) is 2.72. The number of benzene rings is 1. The molecule has 0 spiro atoms. The van der Waals surface area contributed by atoms with Crippen LogP contribution in [-0.2, 0) is 0 Å². The quantitative estimate of drug-likeness (QED) is 0.485. The van der Waals surface area contributed by atoms with Gasteiger partial charge in [-0.2, -0.15) is 0 Å². The average Bonchev–Trinajstić information content (AvgIpc) is 3.29. The van der Waals surface area contributed by atoms with Crippen molar-refractivity contribution in [2.24, 2.45) is 0 Å². The Bertz CT molecular complexity index is 1050. The summed E-state index contributed by atoms with van der Waals surface area (Å²) in [6, 6.07) is 10.4. The predicted molar refractivity (Wildman–Crippen MR) is 134 cm³/mol. The second-order valence-corrected chi connectivity index (χ2v) is 9.51. The number of nitrogens with zero attached hydrogens (tertiary/aromatic N) is 4. The van der Waals surface area contributed by atoms with E-state index < -0.39 is 6.10 Å². The van der Waals surface area contributed by atoms with E-state index >= 15 is 0 Å². The number of hydrogen-bond donors (Lipinski definition) is 2. The van der Waals surface area contributed by atoms with Gasteiger partial charge < -0.3 is 20.1 Å². The Morgan fingerprint density at radius 2 is 2.03 bits per heavy atom. The molecule has 2 heterocycles. The normalized spacial score (nSPS) is 15.4. The molecule has 1 aromatic carbocycles. The summed E-state index contributed by atoms with van der Waals surface area (Å²) in [7, 11) is 3.95. The van der Waals surface area contributed by atoms with E-state index in [-0.39, 0.29) is 6.61 Å². The molecule has 33 heavy (non-hydrogen) atoms. The molecule has 0 amide bonds. The number of aromatic nitrogens is 3. The van der Waals surface area contributed by atoms with Crippen molar-refractivity contribution in [3.63, 3.8) is 0 Å². The Kier molecular flexibility index (Phi) is 7.90. The van der Waals surface area contributed by atoms with Crippen LogP contribution in [-0.4, -0.2) is 59.5 Å². The number of hydrogen-bond acceptors (Lipinski definition) is 8. The van der Waals surface area contributed by atoms with Crippen molar-refractivity contribution in [2.75, 3.05) is 32.1 Å². The van der Waals surface area contributed by atoms with Crippen molar-refractivity contribution in [1.29, 1.82) is 0 Å². The average molecular weight is 468 g/mol. The molecule has 0 aliphatic heterocycles. The first-order valence-corrected chi connectivity index (χ1v) is 12.5. The minimum absolute atomic E-state index is 0.223. The molecule has 176 valence electrons. The summed E-state index contributed by atoms with van der Waals surface area (Å²) in [5.41, 5.74) is 4.62. The van der Waals surface area contributed by atoms with Crippen LogP contribution in [0.4, 0.5) is 5.82 Å². The van der Waals surface area contributed by atoms with Crippen LogP contribution in [0.15, 0.2) is 35.8 Å². The van der Waals surface area contributed by atoms with E-state index in [1.54, 1.807) is 18.4 Å². The van der Waals surface area contributed by atoms with Gasteiger partial charge in [0, 0.05) is 31.3 Å². The standard InChI is InChI=1S/C25H33N5O2S/c1-17-24(33-16-27-17)22-13-23(30(3)19-9-5-4-6-10-19)29-25(28-22)18-8-7-11-21(12-18)32-15-20(31)14-26-2/h7-8,11-13,16,19-20,26,31H,4-6,9-10,14-15H2,1-3H3. The number of likely N-dealkylation sites (N-methyl/N-ethyl adjacent to an activating group) is 1. The first-order chi connectivity index (χ1) is 16.0. The molecule has 2 aromatic heterocycles. The summed E-state index contributed by atoms with van der Waals surface area (Å²) in [6.07, 6.45) is 5.69. The fourth-order valence-corrected chi connectivity index (χ4v) is 5.04. The number of nitrogens with one attached hydrogen (secondary N) is 1. The lowest BCUT2D eigenvalue weighted by Crippen LogP contribution is -2.34. The number of anilines is 1. The number of aryl methyl sites for hydroxylation is 1. The molecule has 1 atom stereocenters. The van der Waals surface area contributed by atoms with Gasteiger partial charge in [0.2, 0.25) is 0 Å². The fraction of sp³-hybridized carbons (Fsp3) is 0.480. The van der Waals surface area contributed by atoms with E-state index in [4.69, 9.17) is 14.7 Å². The maximum atomic E-state index is 9.96. The molecule has 1 aliphatic rings. The van der Waals surface area contributed by atoms with Gasteiger partial charge in [0.15, 0.2) is 5.82 Å². The van der Waals surface area contributed by atoms with Gasteiger partial charge in [-0.15, -0.1) is 11.3 Å². The molecule has 0 radical (unpaired) electrons. The fourth-order valence-electron chi connectivity index (χ4n) is 4.28. The molecule has 3 aromatic rings. The Morgan fingerprint density at radius 1 is 1.21 bits per heavy atom. The highest BCUT2D eigenvalue weighted by molar-refractivity contribution is 7.13. The highest BCUT2D eigenvalue weighted by Gasteiger charge is 2.22. The van der Waals surface area contributed by atoms with E-state index in [0.29, 0.717) is 24.2 Å². The van der Waals surface area contributed by atoms with E-state index in [0.717, 1.165) is 27.6 Å². The van der Waals surface area contributed by atoms with Crippen LogP contribution in [0, 0.1) is 6.92 Å². The maximum absolute atomic E-state index is 9.96. The summed E-state index contributed by atoms with van der Waals surface area (Å²) in [4.78, 5) is 17.7. The second-order valence-electron chi connectivity index (χ2n) is 8.65. The molecule has 1 aliphatic carbocycles. The Balaban J connectivity index is 1.67. The zero-order valence-corrected chi connectivity index (χ0v) is 20.4. The number of thiazole rings is 1. The smallest absolute Gasteiger partial charge is 0.162 e. The Labute approximate surface area is 199 Å². The highest BCUT2D eigenvalue weighted by atomic mass is 32.1. The van der Waals surface area contributed by atoms with Gasteiger partial charge >= 0.3 is 0 Å². The number of aliphatic hydroxyl groups is 1. The van der Waals surface area contributed by atoms with E-state index in [2.05, 4.69) is 28.3 Å². The predicted octanol–water partition coefficient (Wildman–Crippen LogP) is 4.30. The van der Waals surface area contributed by atoms with E-state index in [9.17, 15) is 5.11 Å². The van der Waals surface area contributed by atoms with Crippen LogP contribution < -0.4 is 15.0 Å². The van der Waals surface area contributed by atoms with E-state index in [1.807, 2.05) is 36.7 Å². The third kappa shape index (κ3) is 5.88. The minimum atomic E-state index is -0.566. The molecule has 1 unspecified atom stereocenters. The molecule has 7 nitrogen and oxygen atoms in total. The maximum Gasteiger partial charge on any atom is 0.162 e. The first kappa shape index (κ1) is 23.6. The molecule has 2 N–H and O–H groups in total. The lowest BCUT2D eigenvalue weighted by molar-refractivity contribution is 0.108. The molecule has 0 bridgehead atoms. The van der Waals surface area contributed by atoms with Crippen LogP contribution >= 0.6 is 11.3 Å². The molecule has 4 rings (SSSR count). The van der Waals surface area contributed by atoms with Crippen molar-refractivity contribution in [3.8, 4) is 27.7 Å². The van der Waals surface area contributed by atoms with Crippen LogP contribution in [0.5, 0.6) is 5.75 Å². The number of aliphatic hydroxyl groups excluding tert-OH is 1. The zero-order valence-electron chi connectivity index (χ0n) is 19.6. The summed E-state index contributed by atoms with van der Waals surface area (Å²) in [5, 5.41) is 12.9. The largest absolute Gasteiger partial charge is 0.491 e. The molecule has 0 saturated heterocycles. The van der Waals surface area contributed by atoms with E-state index in [1.165, 1.54) is 32.1 Å². The minimum Gasteiger partial charge on any atom is -0.491 e. The van der Waals surface area contributed by atoms with Gasteiger partial charge in [-0.25, -0.2) is 15.0 Å². The van der Waals surface area contributed by atoms with Crippen LogP contribution in [0.1, 0.15) is 37.8 Å². The lowest BCUT2D eigenvalue weighted by Gasteiger charge is -2.32. The van der Waals surface area contributed by atoms with Crippen molar-refractivity contribution < 1.29 is 9.84 Å². The molecule has 1 fully saturated rings. The van der Waals surface area contributed by atoms with Gasteiger partial charge in [-0.1, -0.05) is 31.4 Å². The van der Waals surface area contributed by atoms with Gasteiger partial charge in [-0.05, 0) is 38.9 Å². The van der Waals surface area contributed by atoms with Crippen molar-refractivity contribution in [1.82, 2.24) is 20.3 Å². The lowest BCUT2D eigenvalue weighted by atomic mass is 9.94. The SMILES string of the molecule is CNCC(O)COc1cccc(-c2nc(-c3scnc3C)cc(N(C)C3CCCCC3)n2)c1. The van der Waals surface area contributed by atoms with Gasteiger partial charge in [0.05, 0.1) is 21.8 Å². The molecular weight excluding hydrogens is 434 g/mol. The van der Waals surface area contributed by atoms with Crippen molar-refractivity contribution >= 4 is 17.2 Å². The Hall–Kier alpha value is -2.55. The van der Waals surface area contributed by atoms with Gasteiger partial charge in [-0.3, -0.25) is 0 Å². The monoisotopic (exact) mass is 467 g/mol. The van der Waals surface area contributed by atoms with Crippen LogP contribution in [0.2, 0.25) is 0 Å².